The number of sulfonamides is 1. The lowest BCUT2D eigenvalue weighted by molar-refractivity contribution is -0.140. The number of aromatic carboxylic acids is 1. The quantitative estimate of drug-likeness (QED) is 0.720. The van der Waals surface area contributed by atoms with Crippen LogP contribution in [0.5, 0.6) is 0 Å². The van der Waals surface area contributed by atoms with E-state index in [0.717, 1.165) is 6.07 Å². The number of carbonyl (C=O) groups excluding carboxylic acids is 1. The van der Waals surface area contributed by atoms with Crippen LogP contribution in [0.3, 0.4) is 0 Å². The largest absolute Gasteiger partial charge is 0.478 e. The molecule has 0 heterocycles. The van der Waals surface area contributed by atoms with E-state index in [1.54, 1.807) is 6.92 Å². The second-order valence-electron chi connectivity index (χ2n) is 4.20. The standard InChI is InChI=1S/C13H17NO6S/c1-3-9-4-5-10(8-11(9)13(16)17)21(18,19)14-7-6-12(15)20-2/h4-5,8,14H,3,6-7H2,1-2H3,(H,16,17). The van der Waals surface area contributed by atoms with Gasteiger partial charge in [0.1, 0.15) is 0 Å². The highest BCUT2D eigenvalue weighted by Crippen LogP contribution is 2.17. The molecule has 1 rings (SSSR count). The van der Waals surface area contributed by atoms with Crippen molar-refractivity contribution < 1.29 is 27.9 Å². The molecule has 2 N–H and O–H groups in total. The number of methoxy groups -OCH3 is 1. The first kappa shape index (κ1) is 17.1. The lowest BCUT2D eigenvalue weighted by atomic mass is 10.1. The Morgan fingerprint density at radius 2 is 2.00 bits per heavy atom. The van der Waals surface area contributed by atoms with Crippen molar-refractivity contribution >= 4 is 22.0 Å². The van der Waals surface area contributed by atoms with Crippen molar-refractivity contribution in [3.63, 3.8) is 0 Å². The third-order valence-electron chi connectivity index (χ3n) is 2.85. The van der Waals surface area contributed by atoms with Gasteiger partial charge in [0, 0.05) is 6.54 Å². The molecule has 1 aromatic carbocycles. The first-order chi connectivity index (χ1) is 9.81. The Bertz CT molecular complexity index is 638. The number of rotatable bonds is 7. The minimum atomic E-state index is -3.87. The highest BCUT2D eigenvalue weighted by atomic mass is 32.2. The zero-order valence-corrected chi connectivity index (χ0v) is 12.6. The summed E-state index contributed by atoms with van der Waals surface area (Å²) >= 11 is 0. The molecule has 0 spiro atoms. The van der Waals surface area contributed by atoms with Crippen molar-refractivity contribution in [1.82, 2.24) is 4.72 Å². The van der Waals surface area contributed by atoms with E-state index in [1.807, 2.05) is 0 Å². The summed E-state index contributed by atoms with van der Waals surface area (Å²) in [5, 5.41) is 9.09. The number of carbonyl (C=O) groups is 2. The van der Waals surface area contributed by atoms with Crippen molar-refractivity contribution in [3.8, 4) is 0 Å². The molecule has 0 radical (unpaired) electrons. The van der Waals surface area contributed by atoms with Crippen LogP contribution in [0.2, 0.25) is 0 Å². The van der Waals surface area contributed by atoms with Gasteiger partial charge in [0.2, 0.25) is 10.0 Å². The van der Waals surface area contributed by atoms with Crippen LogP contribution in [0.1, 0.15) is 29.3 Å². The zero-order chi connectivity index (χ0) is 16.0. The smallest absolute Gasteiger partial charge is 0.336 e. The van der Waals surface area contributed by atoms with Crippen molar-refractivity contribution in [2.75, 3.05) is 13.7 Å². The third-order valence-corrected chi connectivity index (χ3v) is 4.31. The molecule has 7 nitrogen and oxygen atoms in total. The summed E-state index contributed by atoms with van der Waals surface area (Å²) in [4.78, 5) is 21.9. The summed E-state index contributed by atoms with van der Waals surface area (Å²) in [6.07, 6.45) is 0.381. The van der Waals surface area contributed by atoms with E-state index in [0.29, 0.717) is 12.0 Å². The average molecular weight is 315 g/mol. The highest BCUT2D eigenvalue weighted by molar-refractivity contribution is 7.89. The van der Waals surface area contributed by atoms with Crippen LogP contribution in [0.15, 0.2) is 23.1 Å². The Morgan fingerprint density at radius 1 is 1.33 bits per heavy atom. The van der Waals surface area contributed by atoms with Crippen LogP contribution >= 0.6 is 0 Å². The van der Waals surface area contributed by atoms with Gasteiger partial charge in [-0.25, -0.2) is 17.9 Å². The minimum Gasteiger partial charge on any atom is -0.478 e. The number of aryl methyl sites for hydroxylation is 1. The van der Waals surface area contributed by atoms with Crippen molar-refractivity contribution in [1.29, 1.82) is 0 Å². The van der Waals surface area contributed by atoms with Gasteiger partial charge >= 0.3 is 11.9 Å². The molecule has 0 unspecified atom stereocenters. The third kappa shape index (κ3) is 4.54. The minimum absolute atomic E-state index is 0.0478. The van der Waals surface area contributed by atoms with E-state index in [9.17, 15) is 18.0 Å². The molecule has 0 atom stereocenters. The Labute approximate surface area is 123 Å². The number of carboxylic acids is 1. The Kier molecular flexibility index (Phi) is 5.86. The maximum Gasteiger partial charge on any atom is 0.336 e. The molecule has 116 valence electrons. The number of nitrogens with one attached hydrogen (secondary N) is 1. The molecule has 0 bridgehead atoms. The molecule has 0 saturated carbocycles. The SMILES string of the molecule is CCc1ccc(S(=O)(=O)NCCC(=O)OC)cc1C(=O)O. The number of ether oxygens (including phenoxy) is 1. The van der Waals surface area contributed by atoms with E-state index in [4.69, 9.17) is 5.11 Å². The van der Waals surface area contributed by atoms with Gasteiger partial charge in [-0.15, -0.1) is 0 Å². The monoisotopic (exact) mass is 315 g/mol. The molecular weight excluding hydrogens is 298 g/mol. The second kappa shape index (κ2) is 7.19. The molecule has 0 aliphatic carbocycles. The second-order valence-corrected chi connectivity index (χ2v) is 5.97. The van der Waals surface area contributed by atoms with Gasteiger partial charge in [0.05, 0.1) is 24.0 Å². The number of hydrogen-bond donors (Lipinski definition) is 2. The van der Waals surface area contributed by atoms with E-state index in [-0.39, 0.29) is 23.4 Å². The fourth-order valence-corrected chi connectivity index (χ4v) is 2.76. The predicted molar refractivity (Wildman–Crippen MR) is 74.6 cm³/mol. The van der Waals surface area contributed by atoms with Crippen molar-refractivity contribution in [3.05, 3.63) is 29.3 Å². The zero-order valence-electron chi connectivity index (χ0n) is 11.8. The predicted octanol–water partition coefficient (Wildman–Crippen LogP) is 0.789. The van der Waals surface area contributed by atoms with Crippen LogP contribution in [0.25, 0.3) is 0 Å². The Balaban J connectivity index is 2.96. The van der Waals surface area contributed by atoms with Crippen LogP contribution < -0.4 is 4.72 Å². The maximum absolute atomic E-state index is 12.0. The fourth-order valence-electron chi connectivity index (χ4n) is 1.70. The molecule has 0 aromatic heterocycles. The van der Waals surface area contributed by atoms with Crippen LogP contribution in [-0.4, -0.2) is 39.1 Å². The van der Waals surface area contributed by atoms with Gasteiger partial charge in [0.15, 0.2) is 0 Å². The van der Waals surface area contributed by atoms with Gasteiger partial charge in [-0.05, 0) is 24.1 Å². The molecule has 1 aromatic rings. The fraction of sp³-hybridized carbons (Fsp3) is 0.385. The van der Waals surface area contributed by atoms with Gasteiger partial charge in [-0.1, -0.05) is 13.0 Å². The summed E-state index contributed by atoms with van der Waals surface area (Å²) in [5.41, 5.74) is 0.504. The van der Waals surface area contributed by atoms with Gasteiger partial charge < -0.3 is 9.84 Å². The molecule has 8 heteroatoms. The maximum atomic E-state index is 12.0. The number of benzene rings is 1. The van der Waals surface area contributed by atoms with Gasteiger partial charge in [-0.3, -0.25) is 4.79 Å². The first-order valence-electron chi connectivity index (χ1n) is 6.24. The topological polar surface area (TPSA) is 110 Å². The first-order valence-corrected chi connectivity index (χ1v) is 7.72. The summed E-state index contributed by atoms with van der Waals surface area (Å²) < 4.78 is 30.7. The van der Waals surface area contributed by atoms with E-state index >= 15 is 0 Å². The van der Waals surface area contributed by atoms with Crippen LogP contribution in [0, 0.1) is 0 Å². The lowest BCUT2D eigenvalue weighted by Crippen LogP contribution is -2.27. The summed E-state index contributed by atoms with van der Waals surface area (Å²) in [7, 11) is -2.66. The Morgan fingerprint density at radius 3 is 2.52 bits per heavy atom. The molecule has 0 aliphatic rings. The summed E-state index contributed by atoms with van der Waals surface area (Å²) in [6.45, 7) is 1.66. The molecule has 21 heavy (non-hydrogen) atoms. The van der Waals surface area contributed by atoms with E-state index in [2.05, 4.69) is 9.46 Å². The molecule has 0 amide bonds. The van der Waals surface area contributed by atoms with E-state index < -0.39 is 22.0 Å². The Hall–Kier alpha value is -1.93. The van der Waals surface area contributed by atoms with E-state index in [1.165, 1.54) is 19.2 Å². The molecule has 0 saturated heterocycles. The summed E-state index contributed by atoms with van der Waals surface area (Å²) in [6, 6.07) is 3.92. The average Bonchev–Trinajstić information content (AvgIpc) is 2.45. The number of esters is 1. The lowest BCUT2D eigenvalue weighted by Gasteiger charge is -2.09. The molecule has 0 aliphatic heterocycles. The van der Waals surface area contributed by atoms with Gasteiger partial charge in [-0.2, -0.15) is 0 Å². The molecule has 0 fully saturated rings. The highest BCUT2D eigenvalue weighted by Gasteiger charge is 2.18. The van der Waals surface area contributed by atoms with Crippen molar-refractivity contribution in [2.45, 2.75) is 24.7 Å². The number of carboxylic acid groups (broad SMARTS) is 1. The van der Waals surface area contributed by atoms with Crippen LogP contribution in [-0.2, 0) is 26.0 Å². The number of hydrogen-bond acceptors (Lipinski definition) is 5. The van der Waals surface area contributed by atoms with Gasteiger partial charge in [0.25, 0.3) is 0 Å². The molecular formula is C13H17NO6S. The normalized spacial score (nSPS) is 11.1. The van der Waals surface area contributed by atoms with Crippen molar-refractivity contribution in [2.24, 2.45) is 0 Å². The summed E-state index contributed by atoms with van der Waals surface area (Å²) in [5.74, 6) is -1.72. The van der Waals surface area contributed by atoms with Crippen LogP contribution in [0.4, 0.5) is 0 Å².